The van der Waals surface area contributed by atoms with Gasteiger partial charge in [-0.1, -0.05) is 25.1 Å². The minimum atomic E-state index is -0.0723. The Bertz CT molecular complexity index is 991. The Morgan fingerprint density at radius 1 is 1.26 bits per heavy atom. The second kappa shape index (κ2) is 7.27. The maximum atomic E-state index is 12.5. The molecule has 2 N–H and O–H groups in total. The van der Waals surface area contributed by atoms with Crippen molar-refractivity contribution in [3.8, 4) is 0 Å². The van der Waals surface area contributed by atoms with Crippen LogP contribution in [0.15, 0.2) is 24.5 Å². The van der Waals surface area contributed by atoms with E-state index in [2.05, 4.69) is 27.5 Å². The number of aromatic nitrogens is 2. The molecule has 27 heavy (non-hydrogen) atoms. The molecule has 0 saturated heterocycles. The van der Waals surface area contributed by atoms with Gasteiger partial charge in [0.2, 0.25) is 5.91 Å². The molecule has 0 spiro atoms. The summed E-state index contributed by atoms with van der Waals surface area (Å²) in [6.07, 6.45) is 4.95. The largest absolute Gasteiger partial charge is 0.360 e. The molecular weight excluding hydrogens is 356 g/mol. The summed E-state index contributed by atoms with van der Waals surface area (Å²) in [6.45, 7) is 6.49. The molecule has 6 heteroatoms. The number of nitrogens with one attached hydrogen (secondary N) is 2. The summed E-state index contributed by atoms with van der Waals surface area (Å²) in [7, 11) is 0. The highest BCUT2D eigenvalue weighted by Crippen LogP contribution is 2.39. The molecule has 1 amide bonds. The highest BCUT2D eigenvalue weighted by atomic mass is 32.1. The molecule has 1 atom stereocenters. The zero-order chi connectivity index (χ0) is 19.0. The van der Waals surface area contributed by atoms with Crippen molar-refractivity contribution in [3.63, 3.8) is 0 Å². The van der Waals surface area contributed by atoms with Gasteiger partial charge >= 0.3 is 0 Å². The molecule has 5 nitrogen and oxygen atoms in total. The molecule has 2 heterocycles. The lowest BCUT2D eigenvalue weighted by Crippen LogP contribution is -2.23. The summed E-state index contributed by atoms with van der Waals surface area (Å²) in [4.78, 5) is 23.8. The van der Waals surface area contributed by atoms with E-state index >= 15 is 0 Å². The molecule has 140 valence electrons. The molecule has 1 aliphatic rings. The summed E-state index contributed by atoms with van der Waals surface area (Å²) in [5.41, 5.74) is 4.38. The fourth-order valence-electron chi connectivity index (χ4n) is 3.77. The Kier molecular flexibility index (Phi) is 4.83. The zero-order valence-corrected chi connectivity index (χ0v) is 16.7. The van der Waals surface area contributed by atoms with Gasteiger partial charge in [-0.25, -0.2) is 9.97 Å². The molecule has 0 bridgehead atoms. The number of anilines is 2. The molecule has 0 unspecified atom stereocenters. The third kappa shape index (κ3) is 3.54. The fourth-order valence-corrected chi connectivity index (χ4v) is 5.12. The third-order valence-corrected chi connectivity index (χ3v) is 6.42. The summed E-state index contributed by atoms with van der Waals surface area (Å²) in [6, 6.07) is 6.00. The number of carbonyl (C=O) groups is 1. The predicted octanol–water partition coefficient (Wildman–Crippen LogP) is 4.48. The van der Waals surface area contributed by atoms with Crippen LogP contribution in [0.4, 0.5) is 11.5 Å². The average molecular weight is 381 g/mol. The molecule has 2 aromatic heterocycles. The standard InChI is InChI=1S/C21H24N4OS/c1-12-7-8-15-16(9-12)27-21-18(15)20(23-11-24-21)22-10-17(26)25-19-13(2)5-4-6-14(19)3/h4-6,11-12H,7-10H2,1-3H3,(H,25,26)(H,22,23,24)/t12-/m1/s1. The van der Waals surface area contributed by atoms with Crippen LogP contribution in [0.3, 0.4) is 0 Å². The van der Waals surface area contributed by atoms with Crippen molar-refractivity contribution in [3.05, 3.63) is 46.1 Å². The maximum absolute atomic E-state index is 12.5. The number of thiophene rings is 1. The molecular formula is C21H24N4OS. The van der Waals surface area contributed by atoms with E-state index in [1.807, 2.05) is 32.0 Å². The summed E-state index contributed by atoms with van der Waals surface area (Å²) in [5.74, 6) is 1.42. The fraction of sp³-hybridized carbons (Fsp3) is 0.381. The molecule has 3 aromatic rings. The molecule has 0 aliphatic heterocycles. The van der Waals surface area contributed by atoms with Gasteiger partial charge in [-0.05, 0) is 55.7 Å². The first-order chi connectivity index (χ1) is 13.0. The minimum absolute atomic E-state index is 0.0723. The first-order valence-corrected chi connectivity index (χ1v) is 10.2. The Hall–Kier alpha value is -2.47. The first kappa shape index (κ1) is 17.9. The smallest absolute Gasteiger partial charge is 0.243 e. The molecule has 1 aliphatic carbocycles. The lowest BCUT2D eigenvalue weighted by Gasteiger charge is -2.18. The highest BCUT2D eigenvalue weighted by molar-refractivity contribution is 7.19. The predicted molar refractivity (Wildman–Crippen MR) is 112 cm³/mol. The number of amides is 1. The van der Waals surface area contributed by atoms with E-state index in [1.165, 1.54) is 16.9 Å². The lowest BCUT2D eigenvalue weighted by atomic mass is 9.89. The van der Waals surface area contributed by atoms with Crippen LogP contribution in [-0.4, -0.2) is 22.4 Å². The molecule has 0 saturated carbocycles. The van der Waals surface area contributed by atoms with Gasteiger partial charge in [0, 0.05) is 10.6 Å². The number of aryl methyl sites for hydroxylation is 3. The maximum Gasteiger partial charge on any atom is 0.243 e. The van der Waals surface area contributed by atoms with Crippen molar-refractivity contribution < 1.29 is 4.79 Å². The van der Waals surface area contributed by atoms with Crippen molar-refractivity contribution in [1.29, 1.82) is 0 Å². The van der Waals surface area contributed by atoms with Crippen LogP contribution in [0.2, 0.25) is 0 Å². The van der Waals surface area contributed by atoms with Gasteiger partial charge in [-0.3, -0.25) is 4.79 Å². The first-order valence-electron chi connectivity index (χ1n) is 9.38. The van der Waals surface area contributed by atoms with Gasteiger partial charge in [0.25, 0.3) is 0 Å². The number of para-hydroxylation sites is 1. The van der Waals surface area contributed by atoms with Crippen molar-refractivity contribution in [1.82, 2.24) is 9.97 Å². The van der Waals surface area contributed by atoms with Crippen molar-refractivity contribution in [2.45, 2.75) is 40.0 Å². The van der Waals surface area contributed by atoms with E-state index in [0.29, 0.717) is 0 Å². The number of fused-ring (bicyclic) bond motifs is 3. The Labute approximate surface area is 163 Å². The quantitative estimate of drug-likeness (QED) is 0.700. The van der Waals surface area contributed by atoms with Crippen LogP contribution >= 0.6 is 11.3 Å². The van der Waals surface area contributed by atoms with Crippen LogP contribution in [0.1, 0.15) is 34.9 Å². The number of rotatable bonds is 4. The molecule has 1 aromatic carbocycles. The van der Waals surface area contributed by atoms with Crippen LogP contribution in [0.5, 0.6) is 0 Å². The number of carbonyl (C=O) groups excluding carboxylic acids is 1. The second-order valence-corrected chi connectivity index (χ2v) is 8.51. The van der Waals surface area contributed by atoms with E-state index in [-0.39, 0.29) is 12.5 Å². The topological polar surface area (TPSA) is 66.9 Å². The van der Waals surface area contributed by atoms with Gasteiger partial charge in [-0.2, -0.15) is 0 Å². The van der Waals surface area contributed by atoms with Gasteiger partial charge in [-0.15, -0.1) is 11.3 Å². The normalized spacial score (nSPS) is 16.2. The van der Waals surface area contributed by atoms with Crippen molar-refractivity contribution in [2.75, 3.05) is 17.2 Å². The SMILES string of the molecule is Cc1cccc(C)c1NC(=O)CNc1ncnc2sc3c(c12)CC[C@@H](C)C3. The molecule has 4 rings (SSSR count). The number of hydrogen-bond acceptors (Lipinski definition) is 5. The Balaban J connectivity index is 1.53. The summed E-state index contributed by atoms with van der Waals surface area (Å²) >= 11 is 1.77. The minimum Gasteiger partial charge on any atom is -0.360 e. The van der Waals surface area contributed by atoms with E-state index in [9.17, 15) is 4.79 Å². The lowest BCUT2D eigenvalue weighted by molar-refractivity contribution is -0.114. The Morgan fingerprint density at radius 2 is 2.04 bits per heavy atom. The molecule has 0 radical (unpaired) electrons. The van der Waals surface area contributed by atoms with E-state index in [0.717, 1.165) is 51.6 Å². The number of benzene rings is 1. The zero-order valence-electron chi connectivity index (χ0n) is 15.9. The second-order valence-electron chi connectivity index (χ2n) is 7.42. The van der Waals surface area contributed by atoms with Crippen LogP contribution < -0.4 is 10.6 Å². The van der Waals surface area contributed by atoms with Gasteiger partial charge in [0.15, 0.2) is 0 Å². The monoisotopic (exact) mass is 380 g/mol. The van der Waals surface area contributed by atoms with Crippen LogP contribution in [0.25, 0.3) is 10.2 Å². The van der Waals surface area contributed by atoms with Gasteiger partial charge in [0.1, 0.15) is 17.0 Å². The van der Waals surface area contributed by atoms with Crippen molar-refractivity contribution >= 4 is 39.0 Å². The van der Waals surface area contributed by atoms with Crippen LogP contribution in [-0.2, 0) is 17.6 Å². The summed E-state index contributed by atoms with van der Waals surface area (Å²) < 4.78 is 0. The third-order valence-electron chi connectivity index (χ3n) is 5.25. The number of hydrogen-bond donors (Lipinski definition) is 2. The van der Waals surface area contributed by atoms with E-state index < -0.39 is 0 Å². The number of nitrogens with zero attached hydrogens (tertiary/aromatic N) is 2. The van der Waals surface area contributed by atoms with Gasteiger partial charge in [0.05, 0.1) is 11.9 Å². The van der Waals surface area contributed by atoms with Crippen LogP contribution in [0, 0.1) is 19.8 Å². The molecule has 0 fully saturated rings. The van der Waals surface area contributed by atoms with E-state index in [1.54, 1.807) is 17.7 Å². The van der Waals surface area contributed by atoms with Crippen molar-refractivity contribution in [2.24, 2.45) is 5.92 Å². The average Bonchev–Trinajstić information content (AvgIpc) is 3.01. The Morgan fingerprint density at radius 3 is 2.81 bits per heavy atom. The van der Waals surface area contributed by atoms with E-state index in [4.69, 9.17) is 0 Å². The highest BCUT2D eigenvalue weighted by Gasteiger charge is 2.23. The summed E-state index contributed by atoms with van der Waals surface area (Å²) in [5, 5.41) is 7.36. The van der Waals surface area contributed by atoms with Gasteiger partial charge < -0.3 is 10.6 Å².